The van der Waals surface area contributed by atoms with Crippen LogP contribution in [0.4, 0.5) is 0 Å². The molecule has 2 N–H and O–H groups in total. The molecule has 23 heavy (non-hydrogen) atoms. The number of aliphatic hydroxyl groups excluding tert-OH is 1. The number of ether oxygens (including phenoxy) is 1. The quantitative estimate of drug-likeness (QED) is 0.713. The van der Waals surface area contributed by atoms with Gasteiger partial charge in [0.15, 0.2) is 0 Å². The summed E-state index contributed by atoms with van der Waals surface area (Å²) in [5, 5.41) is 21.2. The Labute approximate surface area is 141 Å². The van der Waals surface area contributed by atoms with E-state index in [1.54, 1.807) is 0 Å². The summed E-state index contributed by atoms with van der Waals surface area (Å²) in [5.74, 6) is 0.0675. The Morgan fingerprint density at radius 2 is 1.87 bits per heavy atom. The van der Waals surface area contributed by atoms with Crippen molar-refractivity contribution < 1.29 is 14.9 Å². The van der Waals surface area contributed by atoms with Gasteiger partial charge in [0.25, 0.3) is 0 Å². The molecular weight excluding hydrogens is 288 g/mol. The molecule has 0 amide bonds. The molecule has 0 aromatic rings. The topological polar surface area (TPSA) is 49.7 Å². The first-order valence-corrected chi connectivity index (χ1v) is 9.03. The lowest BCUT2D eigenvalue weighted by Crippen LogP contribution is -2.54. The molecule has 0 spiro atoms. The first-order valence-electron chi connectivity index (χ1n) is 9.03. The van der Waals surface area contributed by atoms with Gasteiger partial charge >= 0.3 is 0 Å². The van der Waals surface area contributed by atoms with Crippen molar-refractivity contribution in [2.45, 2.75) is 96.6 Å². The Kier molecular flexibility index (Phi) is 5.76. The van der Waals surface area contributed by atoms with Crippen molar-refractivity contribution in [3.8, 4) is 0 Å². The van der Waals surface area contributed by atoms with E-state index in [9.17, 15) is 10.2 Å². The maximum absolute atomic E-state index is 10.7. The molecule has 2 bridgehead atoms. The fourth-order valence-electron chi connectivity index (χ4n) is 3.89. The molecule has 3 heteroatoms. The first kappa shape index (κ1) is 18.7. The average molecular weight is 322 g/mol. The molecule has 0 unspecified atom stereocenters. The Bertz CT molecular complexity index is 472. The molecule has 2 aliphatic rings. The molecule has 0 aromatic carbocycles. The van der Waals surface area contributed by atoms with Gasteiger partial charge in [-0.1, -0.05) is 23.3 Å². The highest BCUT2D eigenvalue weighted by Crippen LogP contribution is 2.41. The van der Waals surface area contributed by atoms with Gasteiger partial charge < -0.3 is 14.9 Å². The van der Waals surface area contributed by atoms with E-state index in [0.29, 0.717) is 0 Å². The second kappa shape index (κ2) is 7.08. The molecule has 1 fully saturated rings. The molecule has 0 aromatic heterocycles. The summed E-state index contributed by atoms with van der Waals surface area (Å²) in [6.45, 7) is 10.0. The SMILES string of the molecule is C/C1=C\[C@H]2O[C@](C)(CC[C@H]2C(C)(C)O)[C@@H](O)CC/C(C)=C/CC1. The van der Waals surface area contributed by atoms with E-state index in [4.69, 9.17) is 4.74 Å². The van der Waals surface area contributed by atoms with Crippen molar-refractivity contribution in [3.05, 3.63) is 23.3 Å². The van der Waals surface area contributed by atoms with Crippen LogP contribution in [0.3, 0.4) is 0 Å². The number of rotatable bonds is 1. The summed E-state index contributed by atoms with van der Waals surface area (Å²) >= 11 is 0. The van der Waals surface area contributed by atoms with Crippen LogP contribution in [0.1, 0.15) is 73.1 Å². The molecule has 2 rings (SSSR count). The van der Waals surface area contributed by atoms with Crippen LogP contribution in [-0.4, -0.2) is 33.6 Å². The zero-order valence-electron chi connectivity index (χ0n) is 15.4. The van der Waals surface area contributed by atoms with Gasteiger partial charge in [-0.05, 0) is 73.1 Å². The maximum atomic E-state index is 10.7. The predicted molar refractivity (Wildman–Crippen MR) is 94.3 cm³/mol. The van der Waals surface area contributed by atoms with Crippen LogP contribution in [0.5, 0.6) is 0 Å². The van der Waals surface area contributed by atoms with Crippen molar-refractivity contribution in [1.29, 1.82) is 0 Å². The molecule has 4 atom stereocenters. The van der Waals surface area contributed by atoms with Crippen LogP contribution in [0, 0.1) is 5.92 Å². The van der Waals surface area contributed by atoms with E-state index in [1.165, 1.54) is 11.1 Å². The van der Waals surface area contributed by atoms with E-state index in [1.807, 2.05) is 20.8 Å². The molecule has 132 valence electrons. The third kappa shape index (κ3) is 4.68. The molecule has 2 heterocycles. The number of hydrogen-bond acceptors (Lipinski definition) is 3. The second-order valence-electron chi connectivity index (χ2n) is 8.35. The van der Waals surface area contributed by atoms with Gasteiger partial charge in [0.1, 0.15) is 0 Å². The van der Waals surface area contributed by atoms with Crippen molar-refractivity contribution in [2.24, 2.45) is 5.92 Å². The fraction of sp³-hybridized carbons (Fsp3) is 0.800. The minimum atomic E-state index is -0.776. The van der Waals surface area contributed by atoms with Crippen LogP contribution < -0.4 is 0 Å². The highest BCUT2D eigenvalue weighted by molar-refractivity contribution is 5.11. The molecular formula is C20H34O3. The Balaban J connectivity index is 2.32. The lowest BCUT2D eigenvalue weighted by Gasteiger charge is -2.48. The summed E-state index contributed by atoms with van der Waals surface area (Å²) in [6.07, 6.45) is 9.24. The molecule has 1 saturated heterocycles. The molecule has 2 aliphatic heterocycles. The van der Waals surface area contributed by atoms with Crippen molar-refractivity contribution in [1.82, 2.24) is 0 Å². The molecule has 3 nitrogen and oxygen atoms in total. The highest BCUT2D eigenvalue weighted by Gasteiger charge is 2.46. The van der Waals surface area contributed by atoms with Gasteiger partial charge in [-0.2, -0.15) is 0 Å². The van der Waals surface area contributed by atoms with Crippen molar-refractivity contribution in [2.75, 3.05) is 0 Å². The van der Waals surface area contributed by atoms with Gasteiger partial charge in [-0.25, -0.2) is 0 Å². The van der Waals surface area contributed by atoms with E-state index in [2.05, 4.69) is 26.0 Å². The summed E-state index contributed by atoms with van der Waals surface area (Å²) in [4.78, 5) is 0. The van der Waals surface area contributed by atoms with E-state index in [-0.39, 0.29) is 12.0 Å². The largest absolute Gasteiger partial charge is 0.390 e. The fourth-order valence-corrected chi connectivity index (χ4v) is 3.89. The van der Waals surface area contributed by atoms with E-state index in [0.717, 1.165) is 38.5 Å². The van der Waals surface area contributed by atoms with Crippen LogP contribution in [0.25, 0.3) is 0 Å². The predicted octanol–water partition coefficient (Wildman–Crippen LogP) is 4.14. The number of aliphatic hydroxyl groups is 2. The van der Waals surface area contributed by atoms with Gasteiger partial charge in [0, 0.05) is 5.92 Å². The smallest absolute Gasteiger partial charge is 0.0920 e. The van der Waals surface area contributed by atoms with Crippen LogP contribution in [0.2, 0.25) is 0 Å². The summed E-state index contributed by atoms with van der Waals surface area (Å²) in [5.41, 5.74) is 1.35. The standard InChI is InChI=1S/C20H34O3/c1-14-7-6-8-15(2)13-17-16(19(3,4)22)11-12-20(5,23-17)18(21)10-9-14/h7,13,16-18,21-22H,6,8-12H2,1-5H3/b14-7+,15-13+/t16-,17-,18+,20-/m1/s1. The van der Waals surface area contributed by atoms with Crippen LogP contribution in [-0.2, 0) is 4.74 Å². The zero-order valence-corrected chi connectivity index (χ0v) is 15.4. The van der Waals surface area contributed by atoms with Gasteiger partial charge in [-0.3, -0.25) is 0 Å². The third-order valence-corrected chi connectivity index (χ3v) is 5.66. The Morgan fingerprint density at radius 1 is 1.17 bits per heavy atom. The van der Waals surface area contributed by atoms with Crippen LogP contribution in [0.15, 0.2) is 23.3 Å². The highest BCUT2D eigenvalue weighted by atomic mass is 16.5. The van der Waals surface area contributed by atoms with Gasteiger partial charge in [-0.15, -0.1) is 0 Å². The summed E-state index contributed by atoms with van der Waals surface area (Å²) < 4.78 is 6.40. The zero-order chi connectivity index (χ0) is 17.3. The van der Waals surface area contributed by atoms with Gasteiger partial charge in [0.2, 0.25) is 0 Å². The van der Waals surface area contributed by atoms with Crippen LogP contribution >= 0.6 is 0 Å². The number of hydrogen-bond donors (Lipinski definition) is 2. The van der Waals surface area contributed by atoms with Crippen molar-refractivity contribution >= 4 is 0 Å². The second-order valence-corrected chi connectivity index (χ2v) is 8.35. The summed E-state index contributed by atoms with van der Waals surface area (Å²) in [7, 11) is 0. The van der Waals surface area contributed by atoms with Crippen molar-refractivity contribution in [3.63, 3.8) is 0 Å². The first-order chi connectivity index (χ1) is 10.6. The summed E-state index contributed by atoms with van der Waals surface area (Å²) in [6, 6.07) is 0. The average Bonchev–Trinajstić information content (AvgIpc) is 2.42. The minimum Gasteiger partial charge on any atom is -0.390 e. The van der Waals surface area contributed by atoms with Gasteiger partial charge in [0.05, 0.1) is 23.4 Å². The maximum Gasteiger partial charge on any atom is 0.0920 e. The normalized spacial score (nSPS) is 41.8. The minimum absolute atomic E-state index is 0.0675. The monoisotopic (exact) mass is 322 g/mol. The molecule has 0 aliphatic carbocycles. The lowest BCUT2D eigenvalue weighted by molar-refractivity contribution is -0.202. The molecule has 0 radical (unpaired) electrons. The number of allylic oxidation sites excluding steroid dienone is 3. The van der Waals surface area contributed by atoms with E-state index < -0.39 is 17.3 Å². The Hall–Kier alpha value is -0.640. The third-order valence-electron chi connectivity index (χ3n) is 5.66. The van der Waals surface area contributed by atoms with E-state index >= 15 is 0 Å². The Morgan fingerprint density at radius 3 is 2.52 bits per heavy atom. The lowest BCUT2D eigenvalue weighted by atomic mass is 9.74. The number of fused-ring (bicyclic) bond motifs is 2. The molecule has 0 saturated carbocycles.